The van der Waals surface area contributed by atoms with Crippen molar-refractivity contribution in [3.63, 3.8) is 0 Å². The lowest BCUT2D eigenvalue weighted by atomic mass is 10.3. The Morgan fingerprint density at radius 1 is 1.04 bits per heavy atom. The van der Waals surface area contributed by atoms with Gasteiger partial charge in [-0.25, -0.2) is 9.97 Å². The Hall–Kier alpha value is -1.90. The molecule has 0 atom stereocenters. The summed E-state index contributed by atoms with van der Waals surface area (Å²) < 4.78 is 7.25. The number of anilines is 2. The third-order valence-corrected chi connectivity index (χ3v) is 4.55. The van der Waals surface area contributed by atoms with Crippen LogP contribution in [0.15, 0.2) is 54.0 Å². The molecular formula is C18H18Br2N4OS. The standard InChI is InChI=1S/C18H16N4OS.2BrH/c1-12-17(22-10-4-3-5-16(22)19-12)15-11-24-18(21-15)20-13-6-8-14(23-2)9-7-13;;/h3-11H,1-2H3,(H,20,21);2*1H. The molecular weight excluding hydrogens is 480 g/mol. The van der Waals surface area contributed by atoms with Crippen molar-refractivity contribution in [2.45, 2.75) is 6.92 Å². The number of aryl methyl sites for hydroxylation is 1. The van der Waals surface area contributed by atoms with E-state index in [9.17, 15) is 0 Å². The Morgan fingerprint density at radius 2 is 1.81 bits per heavy atom. The van der Waals surface area contributed by atoms with E-state index in [0.717, 1.165) is 39.3 Å². The van der Waals surface area contributed by atoms with Crippen LogP contribution in [0.5, 0.6) is 5.75 Å². The van der Waals surface area contributed by atoms with Crippen molar-refractivity contribution < 1.29 is 4.74 Å². The smallest absolute Gasteiger partial charge is 0.187 e. The minimum absolute atomic E-state index is 0. The first-order chi connectivity index (χ1) is 11.7. The lowest BCUT2D eigenvalue weighted by Crippen LogP contribution is -1.92. The van der Waals surface area contributed by atoms with E-state index < -0.39 is 0 Å². The molecule has 1 aromatic carbocycles. The van der Waals surface area contributed by atoms with E-state index in [-0.39, 0.29) is 34.0 Å². The van der Waals surface area contributed by atoms with Crippen molar-refractivity contribution in [2.24, 2.45) is 0 Å². The number of aromatic nitrogens is 3. The number of hydrogen-bond donors (Lipinski definition) is 1. The van der Waals surface area contributed by atoms with Gasteiger partial charge in [0.2, 0.25) is 0 Å². The molecule has 0 unspecified atom stereocenters. The first-order valence-corrected chi connectivity index (χ1v) is 8.43. The predicted octanol–water partition coefficient (Wildman–Crippen LogP) is 5.67. The van der Waals surface area contributed by atoms with E-state index in [1.54, 1.807) is 18.4 Å². The highest BCUT2D eigenvalue weighted by Gasteiger charge is 2.13. The fourth-order valence-electron chi connectivity index (χ4n) is 2.66. The minimum Gasteiger partial charge on any atom is -0.497 e. The van der Waals surface area contributed by atoms with E-state index in [2.05, 4.69) is 20.1 Å². The molecule has 0 spiro atoms. The number of rotatable bonds is 4. The average molecular weight is 498 g/mol. The Morgan fingerprint density at radius 3 is 2.54 bits per heavy atom. The van der Waals surface area contributed by atoms with E-state index >= 15 is 0 Å². The molecule has 0 aliphatic rings. The fraction of sp³-hybridized carbons (Fsp3) is 0.111. The summed E-state index contributed by atoms with van der Waals surface area (Å²) in [6.45, 7) is 2.01. The van der Waals surface area contributed by atoms with Crippen LogP contribution < -0.4 is 10.1 Å². The van der Waals surface area contributed by atoms with Crippen LogP contribution in [0.25, 0.3) is 17.0 Å². The highest BCUT2D eigenvalue weighted by Crippen LogP contribution is 2.30. The van der Waals surface area contributed by atoms with Gasteiger partial charge in [-0.05, 0) is 43.3 Å². The molecule has 5 nitrogen and oxygen atoms in total. The lowest BCUT2D eigenvalue weighted by Gasteiger charge is -2.04. The number of hydrogen-bond acceptors (Lipinski definition) is 5. The molecule has 0 aliphatic carbocycles. The van der Waals surface area contributed by atoms with Crippen LogP contribution in [0, 0.1) is 6.92 Å². The molecule has 136 valence electrons. The van der Waals surface area contributed by atoms with Crippen molar-refractivity contribution >= 4 is 61.8 Å². The second-order valence-electron chi connectivity index (χ2n) is 5.37. The Labute approximate surface area is 176 Å². The summed E-state index contributed by atoms with van der Waals surface area (Å²) in [5.41, 5.74) is 4.84. The second-order valence-corrected chi connectivity index (χ2v) is 6.22. The first-order valence-electron chi connectivity index (χ1n) is 7.55. The minimum atomic E-state index is 0. The zero-order valence-corrected chi connectivity index (χ0v) is 18.4. The van der Waals surface area contributed by atoms with Gasteiger partial charge in [-0.15, -0.1) is 45.3 Å². The number of pyridine rings is 1. The number of nitrogens with one attached hydrogen (secondary N) is 1. The number of methoxy groups -OCH3 is 1. The van der Waals surface area contributed by atoms with Crippen molar-refractivity contribution in [3.05, 3.63) is 59.7 Å². The highest BCUT2D eigenvalue weighted by atomic mass is 79.9. The molecule has 0 saturated heterocycles. The summed E-state index contributed by atoms with van der Waals surface area (Å²) in [6, 6.07) is 13.8. The predicted molar refractivity (Wildman–Crippen MR) is 118 cm³/mol. The van der Waals surface area contributed by atoms with Crippen LogP contribution in [0.2, 0.25) is 0 Å². The zero-order valence-electron chi connectivity index (χ0n) is 14.2. The molecule has 0 amide bonds. The summed E-state index contributed by atoms with van der Waals surface area (Å²) in [5, 5.41) is 6.23. The molecule has 8 heteroatoms. The molecule has 4 rings (SSSR count). The van der Waals surface area contributed by atoms with Crippen LogP contribution in [-0.4, -0.2) is 21.5 Å². The third kappa shape index (κ3) is 3.92. The molecule has 4 aromatic rings. The number of fused-ring (bicyclic) bond motifs is 1. The maximum absolute atomic E-state index is 5.18. The normalized spacial score (nSPS) is 10.1. The van der Waals surface area contributed by atoms with Gasteiger partial charge in [-0.2, -0.15) is 0 Å². The van der Waals surface area contributed by atoms with E-state index in [1.165, 1.54) is 0 Å². The summed E-state index contributed by atoms with van der Waals surface area (Å²) >= 11 is 1.58. The van der Waals surface area contributed by atoms with E-state index in [1.807, 2.05) is 55.6 Å². The highest BCUT2D eigenvalue weighted by molar-refractivity contribution is 8.93. The van der Waals surface area contributed by atoms with Gasteiger partial charge in [0.05, 0.1) is 18.5 Å². The first kappa shape index (κ1) is 20.4. The maximum atomic E-state index is 5.18. The van der Waals surface area contributed by atoms with Crippen LogP contribution >= 0.6 is 45.3 Å². The molecule has 3 aromatic heterocycles. The van der Waals surface area contributed by atoms with Gasteiger partial charge in [0, 0.05) is 17.3 Å². The van der Waals surface area contributed by atoms with Gasteiger partial charge in [0.25, 0.3) is 0 Å². The fourth-order valence-corrected chi connectivity index (χ4v) is 3.38. The van der Waals surface area contributed by atoms with Crippen LogP contribution in [0.1, 0.15) is 5.69 Å². The molecule has 0 saturated carbocycles. The van der Waals surface area contributed by atoms with Crippen LogP contribution in [0.4, 0.5) is 10.8 Å². The monoisotopic (exact) mass is 496 g/mol. The quantitative estimate of drug-likeness (QED) is 0.394. The molecule has 0 fully saturated rings. The number of benzene rings is 1. The molecule has 0 radical (unpaired) electrons. The number of halogens is 2. The largest absolute Gasteiger partial charge is 0.497 e. The maximum Gasteiger partial charge on any atom is 0.187 e. The van der Waals surface area contributed by atoms with Gasteiger partial charge in [0.1, 0.15) is 17.1 Å². The summed E-state index contributed by atoms with van der Waals surface area (Å²) in [7, 11) is 1.66. The molecule has 26 heavy (non-hydrogen) atoms. The van der Waals surface area contributed by atoms with Crippen LogP contribution in [0.3, 0.4) is 0 Å². The van der Waals surface area contributed by atoms with E-state index in [4.69, 9.17) is 9.72 Å². The number of nitrogens with zero attached hydrogens (tertiary/aromatic N) is 3. The second kappa shape index (κ2) is 8.66. The number of thiazole rings is 1. The summed E-state index contributed by atoms with van der Waals surface area (Å²) in [6.07, 6.45) is 2.01. The number of imidazole rings is 1. The van der Waals surface area contributed by atoms with Crippen molar-refractivity contribution in [2.75, 3.05) is 12.4 Å². The van der Waals surface area contributed by atoms with Crippen molar-refractivity contribution in [1.29, 1.82) is 0 Å². The number of ether oxygens (including phenoxy) is 1. The Balaban J connectivity index is 0.00000121. The van der Waals surface area contributed by atoms with Gasteiger partial charge in [-0.3, -0.25) is 4.40 Å². The molecule has 0 bridgehead atoms. The van der Waals surface area contributed by atoms with E-state index in [0.29, 0.717) is 0 Å². The topological polar surface area (TPSA) is 51.5 Å². The molecule has 0 aliphatic heterocycles. The summed E-state index contributed by atoms with van der Waals surface area (Å²) in [4.78, 5) is 9.31. The van der Waals surface area contributed by atoms with Gasteiger partial charge >= 0.3 is 0 Å². The van der Waals surface area contributed by atoms with Gasteiger partial charge in [0.15, 0.2) is 5.13 Å². The van der Waals surface area contributed by atoms with Crippen molar-refractivity contribution in [1.82, 2.24) is 14.4 Å². The molecule has 3 heterocycles. The SMILES string of the molecule is Br.Br.COc1ccc(Nc2nc(-c3c(C)nc4ccccn34)cs2)cc1. The summed E-state index contributed by atoms with van der Waals surface area (Å²) in [5.74, 6) is 0.835. The third-order valence-electron chi connectivity index (χ3n) is 3.79. The Kier molecular flexibility index (Phi) is 6.80. The average Bonchev–Trinajstić information content (AvgIpc) is 3.18. The molecule has 1 N–H and O–H groups in total. The van der Waals surface area contributed by atoms with Crippen LogP contribution in [-0.2, 0) is 0 Å². The van der Waals surface area contributed by atoms with Gasteiger partial charge < -0.3 is 10.1 Å². The lowest BCUT2D eigenvalue weighted by molar-refractivity contribution is 0.415. The van der Waals surface area contributed by atoms with Gasteiger partial charge in [-0.1, -0.05) is 6.07 Å². The van der Waals surface area contributed by atoms with Crippen molar-refractivity contribution in [3.8, 4) is 17.1 Å². The zero-order chi connectivity index (χ0) is 16.5. The Bertz CT molecular complexity index is 998.